The first-order valence-electron chi connectivity index (χ1n) is 2.29. The molecule has 0 saturated heterocycles. The topological polar surface area (TPSA) is 37.3 Å². The monoisotopic (exact) mass is 320 g/mol. The van der Waals surface area contributed by atoms with Gasteiger partial charge >= 0.3 is 5.97 Å². The van der Waals surface area contributed by atoms with Gasteiger partial charge < -0.3 is 5.11 Å². The predicted octanol–water partition coefficient (Wildman–Crippen LogP) is 0.823. The number of carbonyl (C=O) groups is 1. The van der Waals surface area contributed by atoms with Crippen LogP contribution in [-0.2, 0) is 4.79 Å². The van der Waals surface area contributed by atoms with Crippen LogP contribution in [0.15, 0.2) is 24.3 Å². The average Bonchev–Trinajstić information content (AvgIpc) is 1.66. The van der Waals surface area contributed by atoms with Gasteiger partial charge in [0.15, 0.2) is 0 Å². The van der Waals surface area contributed by atoms with Crippen molar-refractivity contribution in [2.24, 2.45) is 0 Å². The molecular weight excluding hydrogens is 311 g/mol. The second kappa shape index (κ2) is 7.87. The van der Waals surface area contributed by atoms with E-state index in [0.29, 0.717) is 0 Å². The van der Waals surface area contributed by atoms with Crippen molar-refractivity contribution in [1.29, 1.82) is 0 Å². The van der Waals surface area contributed by atoms with Gasteiger partial charge in [0.1, 0.15) is 0 Å². The molecule has 0 rings (SSSR count). The van der Waals surface area contributed by atoms with Gasteiger partial charge in [-0.05, 0) is 6.92 Å². The molecule has 0 aliphatic carbocycles. The first-order valence-corrected chi connectivity index (χ1v) is 2.29. The Morgan fingerprint density at radius 3 is 2.33 bits per heavy atom. The summed E-state index contributed by atoms with van der Waals surface area (Å²) >= 11 is 0. The van der Waals surface area contributed by atoms with Crippen LogP contribution in [0.1, 0.15) is 6.92 Å². The fourth-order valence-corrected chi connectivity index (χ4v) is 0.249. The van der Waals surface area contributed by atoms with Gasteiger partial charge in [0, 0.05) is 33.4 Å². The summed E-state index contributed by atoms with van der Waals surface area (Å²) in [5, 5.41) is 8.02. The largest absolute Gasteiger partial charge is 0.478 e. The van der Waals surface area contributed by atoms with Crippen molar-refractivity contribution in [3.05, 3.63) is 24.3 Å². The molecule has 4 radical (unpaired) electrons. The van der Waals surface area contributed by atoms with Crippen LogP contribution in [0.25, 0.3) is 0 Å². The maximum absolute atomic E-state index is 9.75. The van der Waals surface area contributed by atoms with Crippen molar-refractivity contribution in [2.75, 3.05) is 0 Å². The predicted molar refractivity (Wildman–Crippen MR) is 37.3 cm³/mol. The van der Waals surface area contributed by atoms with Crippen LogP contribution in [0.3, 0.4) is 0 Å². The van der Waals surface area contributed by atoms with E-state index in [1.54, 1.807) is 12.2 Å². The van der Waals surface area contributed by atoms with Crippen molar-refractivity contribution in [2.45, 2.75) is 6.92 Å². The number of carboxylic acid groups (broad SMARTS) is 1. The summed E-state index contributed by atoms with van der Waals surface area (Å²) in [7, 11) is 0. The smallest absolute Gasteiger partial charge is 0.328 e. The summed E-state index contributed by atoms with van der Waals surface area (Å²) < 4.78 is 0. The summed E-state index contributed by atoms with van der Waals surface area (Å²) in [6, 6.07) is 0. The molecule has 0 aromatic rings. The second-order valence-corrected chi connectivity index (χ2v) is 1.22. The van der Waals surface area contributed by atoms with E-state index in [1.807, 2.05) is 6.92 Å². The minimum absolute atomic E-state index is 0. The zero-order chi connectivity index (χ0) is 6.41. The van der Waals surface area contributed by atoms with Gasteiger partial charge in [-0.3, -0.25) is 0 Å². The molecule has 9 heavy (non-hydrogen) atoms. The molecule has 2 nitrogen and oxygen atoms in total. The third-order valence-electron chi connectivity index (χ3n) is 0.542. The molecule has 0 saturated carbocycles. The zero-order valence-corrected chi connectivity index (χ0v) is 9.05. The van der Waals surface area contributed by atoms with Crippen LogP contribution in [-0.4, -0.2) is 38.4 Å². The fraction of sp³-hybridized carbons (Fsp3) is 0.167. The summed E-state index contributed by atoms with van der Waals surface area (Å²) in [4.78, 5) is 9.75. The number of rotatable bonds is 2. The Hall–Kier alpha value is -0.128. The van der Waals surface area contributed by atoms with Gasteiger partial charge in [0.05, 0.1) is 0 Å². The van der Waals surface area contributed by atoms with Crippen LogP contribution in [0.4, 0.5) is 0 Å². The molecule has 0 aliphatic heterocycles. The molecule has 0 unspecified atom stereocenters. The first kappa shape index (κ1) is 11.6. The van der Waals surface area contributed by atoms with E-state index in [1.165, 1.54) is 6.08 Å². The van der Waals surface area contributed by atoms with Crippen molar-refractivity contribution in [1.82, 2.24) is 0 Å². The second-order valence-electron chi connectivity index (χ2n) is 1.22. The Morgan fingerprint density at radius 2 is 2.00 bits per heavy atom. The average molecular weight is 319 g/mol. The quantitative estimate of drug-likeness (QED) is 0.465. The molecule has 0 aromatic heterocycles. The summed E-state index contributed by atoms with van der Waals surface area (Å²) in [6.07, 6.45) is 5.98. The standard InChI is InChI=1S/C6H8O2.Pb/c1-2-3-4-5-6(7)8;/h2-5H,1H3,(H,7,8);. The van der Waals surface area contributed by atoms with E-state index >= 15 is 0 Å². The molecule has 0 spiro atoms. The molecule has 1 N–H and O–H groups in total. The molecule has 0 aromatic carbocycles. The maximum atomic E-state index is 9.75. The maximum Gasteiger partial charge on any atom is 0.328 e. The van der Waals surface area contributed by atoms with Crippen LogP contribution in [0.2, 0.25) is 0 Å². The van der Waals surface area contributed by atoms with Crippen LogP contribution in [0, 0.1) is 0 Å². The third kappa shape index (κ3) is 11.4. The van der Waals surface area contributed by atoms with Gasteiger partial charge in [-0.25, -0.2) is 4.79 Å². The number of allylic oxidation sites excluding steroid dienone is 3. The number of carboxylic acids is 1. The van der Waals surface area contributed by atoms with Gasteiger partial charge in [0.2, 0.25) is 0 Å². The van der Waals surface area contributed by atoms with E-state index in [4.69, 9.17) is 5.11 Å². The number of hydrogen-bond donors (Lipinski definition) is 1. The SMILES string of the molecule is CC=CC=CC(=O)O.[Pb]. The molecule has 0 amide bonds. The Bertz CT molecular complexity index is 127. The van der Waals surface area contributed by atoms with E-state index in [2.05, 4.69) is 0 Å². The van der Waals surface area contributed by atoms with Crippen LogP contribution in [0.5, 0.6) is 0 Å². The number of hydrogen-bond acceptors (Lipinski definition) is 1. The third-order valence-corrected chi connectivity index (χ3v) is 0.542. The van der Waals surface area contributed by atoms with Crippen molar-refractivity contribution in [3.63, 3.8) is 0 Å². The molecule has 0 fully saturated rings. The zero-order valence-electron chi connectivity index (χ0n) is 5.16. The Balaban J connectivity index is 0. The fourth-order valence-electron chi connectivity index (χ4n) is 0.249. The summed E-state index contributed by atoms with van der Waals surface area (Å²) in [5.41, 5.74) is 0. The van der Waals surface area contributed by atoms with Gasteiger partial charge in [0.25, 0.3) is 0 Å². The van der Waals surface area contributed by atoms with Crippen molar-refractivity contribution >= 4 is 33.3 Å². The summed E-state index contributed by atoms with van der Waals surface area (Å²) in [6.45, 7) is 1.83. The van der Waals surface area contributed by atoms with E-state index in [-0.39, 0.29) is 27.3 Å². The summed E-state index contributed by atoms with van der Waals surface area (Å²) in [5.74, 6) is -0.914. The van der Waals surface area contributed by atoms with Gasteiger partial charge in [-0.2, -0.15) is 0 Å². The molecule has 0 heterocycles. The van der Waals surface area contributed by atoms with Gasteiger partial charge in [-0.1, -0.05) is 18.2 Å². The minimum atomic E-state index is -0.914. The molecular formula is C6H8O2Pb. The molecule has 0 atom stereocenters. The Kier molecular flexibility index (Phi) is 10.2. The van der Waals surface area contributed by atoms with E-state index in [9.17, 15) is 4.79 Å². The molecule has 48 valence electrons. The molecule has 3 heteroatoms. The Morgan fingerprint density at radius 1 is 1.44 bits per heavy atom. The normalized spacial score (nSPS) is 9.89. The van der Waals surface area contributed by atoms with Crippen LogP contribution < -0.4 is 0 Å². The van der Waals surface area contributed by atoms with Crippen molar-refractivity contribution in [3.8, 4) is 0 Å². The first-order chi connectivity index (χ1) is 3.77. The van der Waals surface area contributed by atoms with Crippen LogP contribution >= 0.6 is 0 Å². The minimum Gasteiger partial charge on any atom is -0.478 e. The van der Waals surface area contributed by atoms with Gasteiger partial charge in [-0.15, -0.1) is 0 Å². The van der Waals surface area contributed by atoms with E-state index in [0.717, 1.165) is 6.08 Å². The number of aliphatic carboxylic acids is 1. The Labute approximate surface area is 74.4 Å². The van der Waals surface area contributed by atoms with Crippen molar-refractivity contribution < 1.29 is 9.90 Å². The van der Waals surface area contributed by atoms with E-state index < -0.39 is 5.97 Å². The molecule has 0 bridgehead atoms. The molecule has 0 aliphatic rings.